The van der Waals surface area contributed by atoms with Gasteiger partial charge in [-0.05, 0) is 15.9 Å². The van der Waals surface area contributed by atoms with E-state index in [0.29, 0.717) is 13.1 Å². The lowest BCUT2D eigenvalue weighted by atomic mass is 10.2. The molecule has 0 spiro atoms. The number of β-amino-alcohol motifs (C(OH)–C–C–N with tert-alkyl or cyclic N) is 1. The van der Waals surface area contributed by atoms with Crippen LogP contribution in [-0.2, 0) is 0 Å². The molecule has 1 aliphatic heterocycles. The molecule has 1 aromatic heterocycles. The van der Waals surface area contributed by atoms with Gasteiger partial charge < -0.3 is 14.7 Å². The summed E-state index contributed by atoms with van der Waals surface area (Å²) in [4.78, 5) is 6.29. The predicted octanol–water partition coefficient (Wildman–Crippen LogP) is 1.03. The Morgan fingerprint density at radius 1 is 1.57 bits per heavy atom. The minimum absolute atomic E-state index is 0.221. The molecule has 5 heteroatoms. The van der Waals surface area contributed by atoms with Crippen LogP contribution >= 0.6 is 15.9 Å². The van der Waals surface area contributed by atoms with Crippen LogP contribution in [0, 0.1) is 0 Å². The van der Waals surface area contributed by atoms with Gasteiger partial charge in [0.15, 0.2) is 0 Å². The number of hydrogen-bond acceptors (Lipinski definition) is 4. The number of aliphatic hydroxyl groups is 1. The lowest BCUT2D eigenvalue weighted by Gasteiger charge is -2.36. The van der Waals surface area contributed by atoms with Gasteiger partial charge in [-0.3, -0.25) is 0 Å². The van der Waals surface area contributed by atoms with E-state index < -0.39 is 0 Å². The molecule has 2 heterocycles. The van der Waals surface area contributed by atoms with Crippen molar-refractivity contribution in [1.82, 2.24) is 4.98 Å². The molecule has 0 amide bonds. The Bertz CT molecular complexity index is 340. The molecule has 1 fully saturated rings. The van der Waals surface area contributed by atoms with Gasteiger partial charge >= 0.3 is 0 Å². The van der Waals surface area contributed by atoms with Crippen LogP contribution in [0.1, 0.15) is 0 Å². The SMILES string of the molecule is COc1cc(Br)nc(N2CC(O)C2)c1. The van der Waals surface area contributed by atoms with Crippen molar-refractivity contribution in [3.8, 4) is 5.75 Å². The summed E-state index contributed by atoms with van der Waals surface area (Å²) in [6.45, 7) is 1.29. The molecule has 0 aromatic carbocycles. The summed E-state index contributed by atoms with van der Waals surface area (Å²) >= 11 is 3.31. The van der Waals surface area contributed by atoms with E-state index in [2.05, 4.69) is 20.9 Å². The Labute approximate surface area is 90.6 Å². The van der Waals surface area contributed by atoms with Crippen molar-refractivity contribution in [2.75, 3.05) is 25.1 Å². The minimum Gasteiger partial charge on any atom is -0.497 e. The molecule has 4 nitrogen and oxygen atoms in total. The fraction of sp³-hybridized carbons (Fsp3) is 0.444. The van der Waals surface area contributed by atoms with Gasteiger partial charge in [-0.1, -0.05) is 0 Å². The fourth-order valence-corrected chi connectivity index (χ4v) is 1.79. The summed E-state index contributed by atoms with van der Waals surface area (Å²) < 4.78 is 5.87. The molecule has 0 unspecified atom stereocenters. The van der Waals surface area contributed by atoms with Gasteiger partial charge in [0.1, 0.15) is 16.2 Å². The number of anilines is 1. The minimum atomic E-state index is -0.221. The molecule has 0 aliphatic carbocycles. The Balaban J connectivity index is 2.21. The van der Waals surface area contributed by atoms with Crippen molar-refractivity contribution in [3.63, 3.8) is 0 Å². The number of nitrogens with zero attached hydrogens (tertiary/aromatic N) is 2. The zero-order valence-corrected chi connectivity index (χ0v) is 9.36. The van der Waals surface area contributed by atoms with Gasteiger partial charge in [-0.15, -0.1) is 0 Å². The maximum atomic E-state index is 9.16. The molecule has 2 rings (SSSR count). The van der Waals surface area contributed by atoms with Gasteiger partial charge in [0, 0.05) is 25.2 Å². The van der Waals surface area contributed by atoms with Crippen molar-refractivity contribution in [3.05, 3.63) is 16.7 Å². The Hall–Kier alpha value is -0.810. The number of halogens is 1. The van der Waals surface area contributed by atoms with Crippen LogP contribution in [-0.4, -0.2) is 36.4 Å². The van der Waals surface area contributed by atoms with E-state index in [1.165, 1.54) is 0 Å². The quantitative estimate of drug-likeness (QED) is 0.806. The van der Waals surface area contributed by atoms with Crippen molar-refractivity contribution < 1.29 is 9.84 Å². The van der Waals surface area contributed by atoms with Crippen LogP contribution in [0.25, 0.3) is 0 Å². The second-order valence-electron chi connectivity index (χ2n) is 3.25. The number of aromatic nitrogens is 1. The number of ether oxygens (including phenoxy) is 1. The third-order valence-electron chi connectivity index (χ3n) is 2.18. The zero-order chi connectivity index (χ0) is 10.1. The third kappa shape index (κ3) is 1.83. The lowest BCUT2D eigenvalue weighted by Crippen LogP contribution is -2.51. The van der Waals surface area contributed by atoms with E-state index in [4.69, 9.17) is 9.84 Å². The van der Waals surface area contributed by atoms with E-state index in [1.807, 2.05) is 11.0 Å². The predicted molar refractivity (Wildman–Crippen MR) is 56.7 cm³/mol. The number of aliphatic hydroxyl groups excluding tert-OH is 1. The van der Waals surface area contributed by atoms with Gasteiger partial charge in [0.2, 0.25) is 0 Å². The van der Waals surface area contributed by atoms with Crippen molar-refractivity contribution in [1.29, 1.82) is 0 Å². The van der Waals surface area contributed by atoms with Gasteiger partial charge in [-0.25, -0.2) is 4.98 Å². The topological polar surface area (TPSA) is 45.6 Å². The van der Waals surface area contributed by atoms with E-state index in [1.54, 1.807) is 13.2 Å². The van der Waals surface area contributed by atoms with E-state index in [-0.39, 0.29) is 6.10 Å². The lowest BCUT2D eigenvalue weighted by molar-refractivity contribution is 0.141. The first kappa shape index (κ1) is 9.73. The summed E-state index contributed by atoms with van der Waals surface area (Å²) in [5, 5.41) is 9.16. The highest BCUT2D eigenvalue weighted by Crippen LogP contribution is 2.26. The summed E-state index contributed by atoms with van der Waals surface area (Å²) in [6.07, 6.45) is -0.221. The second kappa shape index (κ2) is 3.74. The third-order valence-corrected chi connectivity index (χ3v) is 2.58. The highest BCUT2D eigenvalue weighted by Gasteiger charge is 2.25. The molecule has 0 saturated carbocycles. The molecule has 1 aromatic rings. The maximum absolute atomic E-state index is 9.16. The fourth-order valence-electron chi connectivity index (χ4n) is 1.38. The Morgan fingerprint density at radius 2 is 2.29 bits per heavy atom. The maximum Gasteiger partial charge on any atom is 0.133 e. The van der Waals surface area contributed by atoms with Crippen LogP contribution in [0.2, 0.25) is 0 Å². The molecule has 1 saturated heterocycles. The van der Waals surface area contributed by atoms with Crippen molar-refractivity contribution in [2.45, 2.75) is 6.10 Å². The van der Waals surface area contributed by atoms with Crippen LogP contribution < -0.4 is 9.64 Å². The van der Waals surface area contributed by atoms with Crippen LogP contribution in [0.3, 0.4) is 0 Å². The molecule has 0 radical (unpaired) electrons. The largest absolute Gasteiger partial charge is 0.497 e. The van der Waals surface area contributed by atoms with Crippen LogP contribution in [0.15, 0.2) is 16.7 Å². The van der Waals surface area contributed by atoms with Crippen LogP contribution in [0.4, 0.5) is 5.82 Å². The number of methoxy groups -OCH3 is 1. The summed E-state index contributed by atoms with van der Waals surface area (Å²) in [5.41, 5.74) is 0. The average molecular weight is 259 g/mol. The summed E-state index contributed by atoms with van der Waals surface area (Å²) in [7, 11) is 1.62. The highest BCUT2D eigenvalue weighted by atomic mass is 79.9. The van der Waals surface area contributed by atoms with Crippen molar-refractivity contribution in [2.24, 2.45) is 0 Å². The zero-order valence-electron chi connectivity index (χ0n) is 7.77. The summed E-state index contributed by atoms with van der Waals surface area (Å²) in [6, 6.07) is 3.66. The number of hydrogen-bond donors (Lipinski definition) is 1. The molecule has 1 aliphatic rings. The Kier molecular flexibility index (Phi) is 2.60. The van der Waals surface area contributed by atoms with E-state index in [9.17, 15) is 0 Å². The molecule has 76 valence electrons. The first-order chi connectivity index (χ1) is 6.69. The second-order valence-corrected chi connectivity index (χ2v) is 4.06. The first-order valence-corrected chi connectivity index (χ1v) is 5.13. The average Bonchev–Trinajstić information content (AvgIpc) is 2.12. The monoisotopic (exact) mass is 258 g/mol. The smallest absolute Gasteiger partial charge is 0.133 e. The molecule has 0 atom stereocenters. The standard InChI is InChI=1S/C9H11BrN2O2/c1-14-7-2-8(10)11-9(3-7)12-4-6(13)5-12/h2-3,6,13H,4-5H2,1H3. The number of rotatable bonds is 2. The van der Waals surface area contributed by atoms with Crippen LogP contribution in [0.5, 0.6) is 5.75 Å². The molecular formula is C9H11BrN2O2. The van der Waals surface area contributed by atoms with E-state index >= 15 is 0 Å². The molecule has 1 N–H and O–H groups in total. The molecule has 0 bridgehead atoms. The normalized spacial score (nSPS) is 16.6. The summed E-state index contributed by atoms with van der Waals surface area (Å²) in [5.74, 6) is 1.60. The number of pyridine rings is 1. The van der Waals surface area contributed by atoms with Gasteiger partial charge in [0.25, 0.3) is 0 Å². The van der Waals surface area contributed by atoms with Gasteiger partial charge in [0.05, 0.1) is 13.2 Å². The van der Waals surface area contributed by atoms with Crippen molar-refractivity contribution >= 4 is 21.7 Å². The molecule has 14 heavy (non-hydrogen) atoms. The van der Waals surface area contributed by atoms with E-state index in [0.717, 1.165) is 16.2 Å². The Morgan fingerprint density at radius 3 is 2.86 bits per heavy atom. The van der Waals surface area contributed by atoms with Gasteiger partial charge in [-0.2, -0.15) is 0 Å². The first-order valence-electron chi connectivity index (χ1n) is 4.33. The highest BCUT2D eigenvalue weighted by molar-refractivity contribution is 9.10. The molecular weight excluding hydrogens is 248 g/mol.